The van der Waals surface area contributed by atoms with Crippen LogP contribution in [0.15, 0.2) is 46.0 Å². The molecule has 0 atom stereocenters. The second-order valence-corrected chi connectivity index (χ2v) is 8.63. The zero-order valence-corrected chi connectivity index (χ0v) is 21.6. The molecule has 1 N–H and O–H groups in total. The molecule has 1 heterocycles. The van der Waals surface area contributed by atoms with Gasteiger partial charge in [-0.05, 0) is 60.5 Å². The van der Waals surface area contributed by atoms with Crippen LogP contribution in [0.3, 0.4) is 0 Å². The van der Waals surface area contributed by atoms with Crippen molar-refractivity contribution >= 4 is 45.3 Å². The molecule has 3 rings (SSSR count). The lowest BCUT2D eigenvalue weighted by atomic mass is 10.2. The topological polar surface area (TPSA) is 121 Å². The lowest BCUT2D eigenvalue weighted by Crippen LogP contribution is -2.24. The van der Waals surface area contributed by atoms with E-state index in [0.29, 0.717) is 38.9 Å². The van der Waals surface area contributed by atoms with Crippen LogP contribution >= 0.6 is 27.5 Å². The maximum Gasteiger partial charge on any atom is 0.312 e. The van der Waals surface area contributed by atoms with E-state index in [-0.39, 0.29) is 24.5 Å². The third-order valence-electron chi connectivity index (χ3n) is 4.88. The second kappa shape index (κ2) is 11.8. The Bertz CT molecular complexity index is 1280. The zero-order chi connectivity index (χ0) is 25.5. The van der Waals surface area contributed by atoms with E-state index in [1.165, 1.54) is 24.7 Å². The smallest absolute Gasteiger partial charge is 0.312 e. The molecule has 0 unspecified atom stereocenters. The Morgan fingerprint density at radius 2 is 2.06 bits per heavy atom. The molecule has 0 bridgehead atoms. The van der Waals surface area contributed by atoms with Crippen LogP contribution in [0.5, 0.6) is 11.5 Å². The van der Waals surface area contributed by atoms with Gasteiger partial charge in [0.15, 0.2) is 11.5 Å². The van der Waals surface area contributed by atoms with E-state index in [2.05, 4.69) is 31.6 Å². The fourth-order valence-corrected chi connectivity index (χ4v) is 4.05. The number of carbonyl (C=O) groups excluding carboxylic acids is 1. The Kier molecular flexibility index (Phi) is 8.83. The van der Waals surface area contributed by atoms with Gasteiger partial charge in [-0.15, -0.1) is 0 Å². The van der Waals surface area contributed by atoms with Gasteiger partial charge in [0.1, 0.15) is 24.5 Å². The summed E-state index contributed by atoms with van der Waals surface area (Å²) in [6.45, 7) is 5.38. The van der Waals surface area contributed by atoms with Crippen molar-refractivity contribution < 1.29 is 19.2 Å². The summed E-state index contributed by atoms with van der Waals surface area (Å²) >= 11 is 9.71. The highest BCUT2D eigenvalue weighted by molar-refractivity contribution is 9.10. The Balaban J connectivity index is 1.69. The predicted octanol–water partition coefficient (Wildman–Crippen LogP) is 4.95. The minimum Gasteiger partial charge on any atom is -0.490 e. The van der Waals surface area contributed by atoms with E-state index in [1.54, 1.807) is 18.2 Å². The van der Waals surface area contributed by atoms with Crippen LogP contribution in [-0.2, 0) is 17.9 Å². The quantitative estimate of drug-likeness (QED) is 0.211. The van der Waals surface area contributed by atoms with Gasteiger partial charge >= 0.3 is 5.69 Å². The van der Waals surface area contributed by atoms with Crippen LogP contribution in [0.25, 0.3) is 0 Å². The molecule has 184 valence electrons. The Morgan fingerprint density at radius 3 is 2.71 bits per heavy atom. The highest BCUT2D eigenvalue weighted by Gasteiger charge is 2.22. The average Bonchev–Trinajstić information content (AvgIpc) is 3.07. The maximum atomic E-state index is 12.3. The van der Waals surface area contributed by atoms with Crippen molar-refractivity contribution in [2.75, 3.05) is 6.61 Å². The number of aromatic nitrogens is 2. The number of benzene rings is 2. The molecule has 12 heteroatoms. The van der Waals surface area contributed by atoms with E-state index in [1.807, 2.05) is 25.1 Å². The van der Waals surface area contributed by atoms with Crippen molar-refractivity contribution in [3.8, 4) is 11.5 Å². The predicted molar refractivity (Wildman–Crippen MR) is 135 cm³/mol. The standard InChI is InChI=1S/C23H23BrClN5O5/c1-4-34-20-10-16(9-18(24)23(20)35-13-17-7-5-6-8-19(17)25)11-26-27-21(31)12-29-15(3)22(30(32)33)14(2)28-29/h5-11H,4,12-13H2,1-3H3,(H,27,31). The Hall–Kier alpha value is -3.44. The molecule has 0 aliphatic rings. The molecule has 0 radical (unpaired) electrons. The summed E-state index contributed by atoms with van der Waals surface area (Å²) < 4.78 is 13.6. The normalized spacial score (nSPS) is 11.0. The SMILES string of the molecule is CCOc1cc(C=NNC(=O)Cn2nc(C)c([N+](=O)[O-])c2C)cc(Br)c1OCc1ccccc1Cl. The third-order valence-corrected chi connectivity index (χ3v) is 5.84. The molecule has 2 aromatic carbocycles. The van der Waals surface area contributed by atoms with Gasteiger partial charge in [-0.2, -0.15) is 10.2 Å². The van der Waals surface area contributed by atoms with Crippen molar-refractivity contribution in [3.63, 3.8) is 0 Å². The van der Waals surface area contributed by atoms with Crippen LogP contribution in [0.1, 0.15) is 29.4 Å². The third kappa shape index (κ3) is 6.58. The van der Waals surface area contributed by atoms with Gasteiger partial charge in [0.05, 0.1) is 22.2 Å². The number of hydrogen-bond acceptors (Lipinski definition) is 7. The van der Waals surface area contributed by atoms with Gasteiger partial charge < -0.3 is 9.47 Å². The molecule has 10 nitrogen and oxygen atoms in total. The number of amides is 1. The largest absolute Gasteiger partial charge is 0.490 e. The first-order chi connectivity index (χ1) is 16.7. The number of ether oxygens (including phenoxy) is 2. The summed E-state index contributed by atoms with van der Waals surface area (Å²) in [7, 11) is 0. The number of halogens is 2. The summed E-state index contributed by atoms with van der Waals surface area (Å²) in [4.78, 5) is 22.9. The van der Waals surface area contributed by atoms with Gasteiger partial charge in [0, 0.05) is 10.6 Å². The first-order valence-corrected chi connectivity index (χ1v) is 11.7. The van der Waals surface area contributed by atoms with E-state index in [9.17, 15) is 14.9 Å². The van der Waals surface area contributed by atoms with Gasteiger partial charge in [-0.3, -0.25) is 19.6 Å². The summed E-state index contributed by atoms with van der Waals surface area (Å²) in [5.74, 6) is 0.529. The number of aryl methyl sites for hydroxylation is 1. The summed E-state index contributed by atoms with van der Waals surface area (Å²) in [5, 5.41) is 19.8. The zero-order valence-electron chi connectivity index (χ0n) is 19.2. The molecule has 0 spiro atoms. The lowest BCUT2D eigenvalue weighted by molar-refractivity contribution is -0.386. The second-order valence-electron chi connectivity index (χ2n) is 7.37. The van der Waals surface area contributed by atoms with Crippen molar-refractivity contribution in [1.82, 2.24) is 15.2 Å². The molecule has 0 saturated heterocycles. The Morgan fingerprint density at radius 1 is 1.31 bits per heavy atom. The Labute approximate surface area is 215 Å². The molecule has 3 aromatic rings. The molecule has 0 aliphatic heterocycles. The van der Waals surface area contributed by atoms with Gasteiger partial charge in [0.2, 0.25) is 0 Å². The van der Waals surface area contributed by atoms with Gasteiger partial charge in [-0.1, -0.05) is 29.8 Å². The summed E-state index contributed by atoms with van der Waals surface area (Å²) in [5.41, 5.74) is 4.32. The number of nitrogens with one attached hydrogen (secondary N) is 1. The van der Waals surface area contributed by atoms with E-state index >= 15 is 0 Å². The van der Waals surface area contributed by atoms with Gasteiger partial charge in [-0.25, -0.2) is 5.43 Å². The molecule has 0 saturated carbocycles. The van der Waals surface area contributed by atoms with Crippen molar-refractivity contribution in [2.45, 2.75) is 33.9 Å². The minimum atomic E-state index is -0.514. The molecule has 1 aromatic heterocycles. The lowest BCUT2D eigenvalue weighted by Gasteiger charge is -2.15. The van der Waals surface area contributed by atoms with Crippen LogP contribution in [0, 0.1) is 24.0 Å². The first kappa shape index (κ1) is 26.2. The fraction of sp³-hybridized carbons (Fsp3) is 0.261. The monoisotopic (exact) mass is 563 g/mol. The van der Waals surface area contributed by atoms with Gasteiger partial charge in [0.25, 0.3) is 5.91 Å². The number of nitro groups is 1. The number of hydrogen-bond donors (Lipinski definition) is 1. The first-order valence-electron chi connectivity index (χ1n) is 10.5. The number of nitrogens with zero attached hydrogens (tertiary/aromatic N) is 4. The van der Waals surface area contributed by atoms with Crippen molar-refractivity contribution in [3.05, 3.63) is 78.5 Å². The number of hydrazone groups is 1. The van der Waals surface area contributed by atoms with Crippen LogP contribution in [0.4, 0.5) is 5.69 Å². The average molecular weight is 565 g/mol. The minimum absolute atomic E-state index is 0.105. The van der Waals surface area contributed by atoms with Crippen molar-refractivity contribution in [1.29, 1.82) is 0 Å². The molecule has 0 fully saturated rings. The van der Waals surface area contributed by atoms with Crippen LogP contribution in [-0.4, -0.2) is 33.4 Å². The molecule has 35 heavy (non-hydrogen) atoms. The van der Waals surface area contributed by atoms with Crippen LogP contribution < -0.4 is 14.9 Å². The molecular formula is C23H23BrClN5O5. The maximum absolute atomic E-state index is 12.3. The fourth-order valence-electron chi connectivity index (χ4n) is 3.29. The summed E-state index contributed by atoms with van der Waals surface area (Å²) in [6.07, 6.45) is 1.45. The number of rotatable bonds is 10. The van der Waals surface area contributed by atoms with Crippen molar-refractivity contribution in [2.24, 2.45) is 5.10 Å². The number of carbonyl (C=O) groups is 1. The molecule has 1 amide bonds. The molecule has 0 aliphatic carbocycles. The highest BCUT2D eigenvalue weighted by atomic mass is 79.9. The summed E-state index contributed by atoms with van der Waals surface area (Å²) in [6, 6.07) is 10.9. The van der Waals surface area contributed by atoms with E-state index in [4.69, 9.17) is 21.1 Å². The highest BCUT2D eigenvalue weighted by Crippen LogP contribution is 2.37. The molecular weight excluding hydrogens is 542 g/mol. The van der Waals surface area contributed by atoms with E-state index < -0.39 is 10.8 Å². The van der Waals surface area contributed by atoms with E-state index in [0.717, 1.165) is 5.56 Å². The van der Waals surface area contributed by atoms with Crippen LogP contribution in [0.2, 0.25) is 5.02 Å².